The molecule has 0 aliphatic carbocycles. The summed E-state index contributed by atoms with van der Waals surface area (Å²) in [5.74, 6) is -0.160. The molecule has 4 rings (SSSR count). The maximum absolute atomic E-state index is 12.7. The van der Waals surface area contributed by atoms with Crippen LogP contribution in [0, 0.1) is 0 Å². The standard InChI is InChI=1S/C16H21N5O3S2/c22-15(19-6-8-20(9-7-19)16-17-3-10-25-16)14-11-13(12-18-14)26(23,24)21-4-1-2-5-21/h3,10-12,18H,1-2,4-9H2. The second-order valence-corrected chi connectivity index (χ2v) is 9.27. The van der Waals surface area contributed by atoms with Crippen molar-refractivity contribution in [1.29, 1.82) is 0 Å². The van der Waals surface area contributed by atoms with Crippen LogP contribution in [0.4, 0.5) is 5.13 Å². The van der Waals surface area contributed by atoms with E-state index < -0.39 is 10.0 Å². The van der Waals surface area contributed by atoms with E-state index in [2.05, 4.69) is 14.9 Å². The second kappa shape index (κ2) is 7.01. The first-order valence-electron chi connectivity index (χ1n) is 8.68. The molecule has 10 heteroatoms. The summed E-state index contributed by atoms with van der Waals surface area (Å²) in [4.78, 5) is 23.9. The molecule has 2 aromatic rings. The Hall–Kier alpha value is -1.91. The summed E-state index contributed by atoms with van der Waals surface area (Å²) < 4.78 is 26.7. The van der Waals surface area contributed by atoms with Crippen molar-refractivity contribution in [3.63, 3.8) is 0 Å². The van der Waals surface area contributed by atoms with Gasteiger partial charge in [0.25, 0.3) is 5.91 Å². The van der Waals surface area contributed by atoms with E-state index >= 15 is 0 Å². The third kappa shape index (κ3) is 3.24. The molecule has 0 unspecified atom stereocenters. The molecule has 2 saturated heterocycles. The van der Waals surface area contributed by atoms with Crippen molar-refractivity contribution in [2.75, 3.05) is 44.2 Å². The van der Waals surface area contributed by atoms with Gasteiger partial charge in [-0.3, -0.25) is 4.79 Å². The van der Waals surface area contributed by atoms with Crippen LogP contribution in [0.2, 0.25) is 0 Å². The molecule has 4 heterocycles. The average Bonchev–Trinajstić information content (AvgIpc) is 3.44. The zero-order valence-corrected chi connectivity index (χ0v) is 15.9. The summed E-state index contributed by atoms with van der Waals surface area (Å²) in [5, 5.41) is 2.91. The van der Waals surface area contributed by atoms with Crippen LogP contribution in [0.15, 0.2) is 28.7 Å². The normalized spacial score (nSPS) is 19.2. The molecule has 0 radical (unpaired) electrons. The van der Waals surface area contributed by atoms with Crippen LogP contribution in [0.1, 0.15) is 23.3 Å². The minimum Gasteiger partial charge on any atom is -0.356 e. The fraction of sp³-hybridized carbons (Fsp3) is 0.500. The van der Waals surface area contributed by atoms with Gasteiger partial charge >= 0.3 is 0 Å². The number of aromatic nitrogens is 2. The van der Waals surface area contributed by atoms with E-state index in [-0.39, 0.29) is 10.8 Å². The molecule has 2 aromatic heterocycles. The lowest BCUT2D eigenvalue weighted by atomic mass is 10.3. The van der Waals surface area contributed by atoms with Crippen molar-refractivity contribution in [2.24, 2.45) is 0 Å². The molecule has 1 amide bonds. The van der Waals surface area contributed by atoms with Gasteiger partial charge in [0, 0.05) is 57.0 Å². The van der Waals surface area contributed by atoms with Crippen LogP contribution in [-0.2, 0) is 10.0 Å². The molecule has 2 fully saturated rings. The number of amides is 1. The average molecular weight is 396 g/mol. The van der Waals surface area contributed by atoms with Gasteiger partial charge < -0.3 is 14.8 Å². The summed E-state index contributed by atoms with van der Waals surface area (Å²) in [5.41, 5.74) is 0.325. The number of anilines is 1. The number of nitrogens with one attached hydrogen (secondary N) is 1. The van der Waals surface area contributed by atoms with Crippen LogP contribution in [-0.4, -0.2) is 72.8 Å². The quantitative estimate of drug-likeness (QED) is 0.841. The fourth-order valence-electron chi connectivity index (χ4n) is 3.37. The van der Waals surface area contributed by atoms with Gasteiger partial charge in [0.2, 0.25) is 10.0 Å². The number of nitrogens with zero attached hydrogens (tertiary/aromatic N) is 4. The molecule has 0 atom stereocenters. The highest BCUT2D eigenvalue weighted by Crippen LogP contribution is 2.23. The molecule has 2 aliphatic heterocycles. The van der Waals surface area contributed by atoms with E-state index in [0.717, 1.165) is 31.1 Å². The maximum atomic E-state index is 12.7. The molecule has 0 spiro atoms. The number of hydrogen-bond acceptors (Lipinski definition) is 6. The van der Waals surface area contributed by atoms with Gasteiger partial charge in [0.15, 0.2) is 5.13 Å². The summed E-state index contributed by atoms with van der Waals surface area (Å²) in [6, 6.07) is 1.46. The van der Waals surface area contributed by atoms with Gasteiger partial charge in [-0.25, -0.2) is 13.4 Å². The number of carbonyl (C=O) groups is 1. The minimum absolute atomic E-state index is 0.160. The highest BCUT2D eigenvalue weighted by Gasteiger charge is 2.30. The van der Waals surface area contributed by atoms with Gasteiger partial charge in [-0.05, 0) is 18.9 Å². The Morgan fingerprint density at radius 3 is 2.50 bits per heavy atom. The summed E-state index contributed by atoms with van der Waals surface area (Å²) in [6.45, 7) is 3.72. The van der Waals surface area contributed by atoms with Crippen molar-refractivity contribution in [1.82, 2.24) is 19.2 Å². The lowest BCUT2D eigenvalue weighted by Gasteiger charge is -2.34. The lowest BCUT2D eigenvalue weighted by molar-refractivity contribution is 0.0741. The Labute approximate surface area is 156 Å². The number of hydrogen-bond donors (Lipinski definition) is 1. The summed E-state index contributed by atoms with van der Waals surface area (Å²) in [6.07, 6.45) is 4.98. The summed E-state index contributed by atoms with van der Waals surface area (Å²) in [7, 11) is -3.50. The molecule has 0 saturated carbocycles. The molecule has 140 valence electrons. The first-order valence-corrected chi connectivity index (χ1v) is 11.0. The minimum atomic E-state index is -3.50. The number of thiazole rings is 1. The first kappa shape index (κ1) is 17.5. The predicted molar refractivity (Wildman–Crippen MR) is 99.0 cm³/mol. The molecule has 0 bridgehead atoms. The van der Waals surface area contributed by atoms with Crippen molar-refractivity contribution < 1.29 is 13.2 Å². The molecule has 8 nitrogen and oxygen atoms in total. The number of sulfonamides is 1. The van der Waals surface area contributed by atoms with Crippen LogP contribution < -0.4 is 4.90 Å². The Morgan fingerprint density at radius 1 is 1.12 bits per heavy atom. The zero-order valence-electron chi connectivity index (χ0n) is 14.3. The van der Waals surface area contributed by atoms with Crippen LogP contribution in [0.25, 0.3) is 0 Å². The summed E-state index contributed by atoms with van der Waals surface area (Å²) >= 11 is 1.59. The molecular formula is C16H21N5O3S2. The number of carbonyl (C=O) groups excluding carboxylic acids is 1. The fourth-order valence-corrected chi connectivity index (χ4v) is 5.58. The van der Waals surface area contributed by atoms with Crippen LogP contribution in [0.3, 0.4) is 0 Å². The van der Waals surface area contributed by atoms with Gasteiger partial charge in [0.05, 0.1) is 0 Å². The van der Waals surface area contributed by atoms with E-state index in [1.54, 1.807) is 22.4 Å². The Morgan fingerprint density at radius 2 is 1.85 bits per heavy atom. The van der Waals surface area contributed by atoms with E-state index in [1.165, 1.54) is 16.6 Å². The highest BCUT2D eigenvalue weighted by molar-refractivity contribution is 7.89. The Kier molecular flexibility index (Phi) is 4.72. The van der Waals surface area contributed by atoms with Gasteiger partial charge in [-0.15, -0.1) is 11.3 Å². The largest absolute Gasteiger partial charge is 0.356 e. The monoisotopic (exact) mass is 395 g/mol. The smallest absolute Gasteiger partial charge is 0.270 e. The van der Waals surface area contributed by atoms with Crippen molar-refractivity contribution in [3.8, 4) is 0 Å². The molecule has 26 heavy (non-hydrogen) atoms. The van der Waals surface area contributed by atoms with E-state index in [0.29, 0.717) is 31.9 Å². The van der Waals surface area contributed by atoms with Crippen LogP contribution >= 0.6 is 11.3 Å². The third-order valence-electron chi connectivity index (χ3n) is 4.85. The van der Waals surface area contributed by atoms with Crippen molar-refractivity contribution in [2.45, 2.75) is 17.7 Å². The zero-order chi connectivity index (χ0) is 18.1. The van der Waals surface area contributed by atoms with Gasteiger partial charge in [0.1, 0.15) is 10.6 Å². The van der Waals surface area contributed by atoms with Crippen LogP contribution in [0.5, 0.6) is 0 Å². The number of aromatic amines is 1. The number of piperazine rings is 1. The van der Waals surface area contributed by atoms with Gasteiger partial charge in [-0.2, -0.15) is 4.31 Å². The van der Waals surface area contributed by atoms with E-state index in [4.69, 9.17) is 0 Å². The van der Waals surface area contributed by atoms with E-state index in [9.17, 15) is 13.2 Å². The topological polar surface area (TPSA) is 89.6 Å². The number of rotatable bonds is 4. The van der Waals surface area contributed by atoms with E-state index in [1.807, 2.05) is 5.38 Å². The van der Waals surface area contributed by atoms with Crippen molar-refractivity contribution in [3.05, 3.63) is 29.5 Å². The first-order chi connectivity index (χ1) is 12.6. The molecule has 2 aliphatic rings. The van der Waals surface area contributed by atoms with Crippen molar-refractivity contribution >= 4 is 32.4 Å². The number of H-pyrrole nitrogens is 1. The lowest BCUT2D eigenvalue weighted by Crippen LogP contribution is -2.48. The third-order valence-corrected chi connectivity index (χ3v) is 7.56. The second-order valence-electron chi connectivity index (χ2n) is 6.45. The molecule has 0 aromatic carbocycles. The predicted octanol–water partition coefficient (Wildman–Crippen LogP) is 1.22. The maximum Gasteiger partial charge on any atom is 0.270 e. The Balaban J connectivity index is 1.42. The molecular weight excluding hydrogens is 374 g/mol. The SMILES string of the molecule is O=C(c1cc(S(=O)(=O)N2CCCC2)c[nH]1)N1CCN(c2nccs2)CC1. The molecule has 1 N–H and O–H groups in total. The van der Waals surface area contributed by atoms with Gasteiger partial charge in [-0.1, -0.05) is 0 Å². The highest BCUT2D eigenvalue weighted by atomic mass is 32.2. The Bertz CT molecular complexity index is 864.